The maximum Gasteiger partial charge on any atom is 0.251 e. The summed E-state index contributed by atoms with van der Waals surface area (Å²) in [7, 11) is 0. The van der Waals surface area contributed by atoms with Crippen molar-refractivity contribution in [2.75, 3.05) is 19.6 Å². The molecule has 2 atom stereocenters. The Morgan fingerprint density at radius 3 is 2.26 bits per heavy atom. The van der Waals surface area contributed by atoms with Crippen molar-refractivity contribution in [2.45, 2.75) is 85.0 Å². The van der Waals surface area contributed by atoms with Gasteiger partial charge in [-0.2, -0.15) is 0 Å². The van der Waals surface area contributed by atoms with Gasteiger partial charge in [0.05, 0.1) is 6.04 Å². The van der Waals surface area contributed by atoms with Gasteiger partial charge in [-0.3, -0.25) is 9.59 Å². The Labute approximate surface area is 210 Å². The van der Waals surface area contributed by atoms with E-state index >= 15 is 0 Å². The molecule has 0 saturated carbocycles. The minimum atomic E-state index is -0.550. The highest BCUT2D eigenvalue weighted by Gasteiger charge is 2.22. The van der Waals surface area contributed by atoms with Crippen molar-refractivity contribution in [2.24, 2.45) is 0 Å². The van der Waals surface area contributed by atoms with Gasteiger partial charge in [0.2, 0.25) is 5.91 Å². The van der Waals surface area contributed by atoms with E-state index < -0.39 is 6.04 Å². The summed E-state index contributed by atoms with van der Waals surface area (Å²) < 4.78 is 0. The van der Waals surface area contributed by atoms with E-state index in [-0.39, 0.29) is 23.9 Å². The molecule has 35 heavy (non-hydrogen) atoms. The van der Waals surface area contributed by atoms with E-state index in [4.69, 9.17) is 0 Å². The molecule has 0 aliphatic heterocycles. The molecule has 194 valence electrons. The standard InChI is InChI=1S/C27H44N6O2/c1-6-16-33(17-7-2)18-8-9-24(27(35)31-20(3)4)32-26(34)23-12-10-22(11-13-23)19-30-21(5)25-28-14-15-29-25/h10-15,20-21,24,30H,6-9,16-19H2,1-5H3,(H,28,29)(H,31,35)(H,32,34)/t21?,24-/m0/s1. The second kappa shape index (κ2) is 15.3. The van der Waals surface area contributed by atoms with Gasteiger partial charge >= 0.3 is 0 Å². The molecule has 1 aromatic carbocycles. The molecule has 4 N–H and O–H groups in total. The third-order valence-electron chi connectivity index (χ3n) is 5.86. The lowest BCUT2D eigenvalue weighted by Crippen LogP contribution is -2.48. The fourth-order valence-electron chi connectivity index (χ4n) is 4.04. The first-order valence-electron chi connectivity index (χ1n) is 13.0. The highest BCUT2D eigenvalue weighted by Crippen LogP contribution is 2.10. The Kier molecular flexibility index (Phi) is 12.5. The molecule has 2 aromatic rings. The van der Waals surface area contributed by atoms with Crippen LogP contribution in [0.25, 0.3) is 0 Å². The summed E-state index contributed by atoms with van der Waals surface area (Å²) in [5, 5.41) is 9.33. The number of rotatable bonds is 16. The Bertz CT molecular complexity index is 860. The van der Waals surface area contributed by atoms with Crippen LogP contribution in [-0.4, -0.2) is 58.4 Å². The van der Waals surface area contributed by atoms with Crippen molar-refractivity contribution in [3.8, 4) is 0 Å². The minimum absolute atomic E-state index is 0.0222. The Balaban J connectivity index is 1.93. The molecule has 1 aromatic heterocycles. The van der Waals surface area contributed by atoms with Gasteiger partial charge in [-0.15, -0.1) is 0 Å². The lowest BCUT2D eigenvalue weighted by molar-refractivity contribution is -0.123. The number of nitrogens with zero attached hydrogens (tertiary/aromatic N) is 2. The first-order chi connectivity index (χ1) is 16.8. The fraction of sp³-hybridized carbons (Fsp3) is 0.593. The van der Waals surface area contributed by atoms with Crippen molar-refractivity contribution in [3.05, 3.63) is 53.6 Å². The van der Waals surface area contributed by atoms with Gasteiger partial charge in [0.15, 0.2) is 0 Å². The SMILES string of the molecule is CCCN(CCC)CCC[C@H](NC(=O)c1ccc(CNC(C)c2ncc[nH]2)cc1)C(=O)NC(C)C. The van der Waals surface area contributed by atoms with Gasteiger partial charge < -0.3 is 25.8 Å². The van der Waals surface area contributed by atoms with Crippen LogP contribution in [0.2, 0.25) is 0 Å². The maximum atomic E-state index is 13.0. The highest BCUT2D eigenvalue weighted by molar-refractivity contribution is 5.97. The summed E-state index contributed by atoms with van der Waals surface area (Å²) in [5.74, 6) is 0.536. The normalized spacial score (nSPS) is 13.1. The molecule has 0 aliphatic rings. The van der Waals surface area contributed by atoms with Gasteiger partial charge in [-0.25, -0.2) is 4.98 Å². The van der Waals surface area contributed by atoms with Gasteiger partial charge in [0, 0.05) is 30.5 Å². The zero-order valence-corrected chi connectivity index (χ0v) is 22.1. The van der Waals surface area contributed by atoms with Crippen LogP contribution in [-0.2, 0) is 11.3 Å². The van der Waals surface area contributed by atoms with E-state index in [9.17, 15) is 9.59 Å². The van der Waals surface area contributed by atoms with Crippen LogP contribution in [0.15, 0.2) is 36.7 Å². The number of amides is 2. The van der Waals surface area contributed by atoms with Crippen LogP contribution < -0.4 is 16.0 Å². The molecular weight excluding hydrogens is 440 g/mol. The zero-order chi connectivity index (χ0) is 25.6. The van der Waals surface area contributed by atoms with Crippen molar-refractivity contribution >= 4 is 11.8 Å². The van der Waals surface area contributed by atoms with Crippen LogP contribution in [0.5, 0.6) is 0 Å². The summed E-state index contributed by atoms with van der Waals surface area (Å²) in [6.07, 6.45) is 7.24. The second-order valence-electron chi connectivity index (χ2n) is 9.45. The average Bonchev–Trinajstić information content (AvgIpc) is 3.37. The largest absolute Gasteiger partial charge is 0.352 e. The highest BCUT2D eigenvalue weighted by atomic mass is 16.2. The maximum absolute atomic E-state index is 13.0. The fourth-order valence-corrected chi connectivity index (χ4v) is 4.04. The van der Waals surface area contributed by atoms with E-state index in [2.05, 4.69) is 44.7 Å². The van der Waals surface area contributed by atoms with Gasteiger partial charge in [-0.1, -0.05) is 26.0 Å². The third kappa shape index (κ3) is 10.2. The number of imidazole rings is 1. The van der Waals surface area contributed by atoms with Gasteiger partial charge in [-0.05, 0) is 83.8 Å². The molecule has 1 heterocycles. The van der Waals surface area contributed by atoms with E-state index in [1.54, 1.807) is 6.20 Å². The first kappa shape index (κ1) is 28.5. The predicted molar refractivity (Wildman–Crippen MR) is 141 cm³/mol. The van der Waals surface area contributed by atoms with E-state index in [0.29, 0.717) is 18.5 Å². The van der Waals surface area contributed by atoms with Gasteiger partial charge in [0.1, 0.15) is 11.9 Å². The Morgan fingerprint density at radius 2 is 1.69 bits per heavy atom. The number of benzene rings is 1. The Morgan fingerprint density at radius 1 is 1.00 bits per heavy atom. The molecule has 8 heteroatoms. The molecule has 2 rings (SSSR count). The molecule has 2 amide bonds. The molecule has 0 saturated heterocycles. The first-order valence-corrected chi connectivity index (χ1v) is 13.0. The van der Waals surface area contributed by atoms with Crippen molar-refractivity contribution in [1.82, 2.24) is 30.8 Å². The Hall–Kier alpha value is -2.71. The summed E-state index contributed by atoms with van der Waals surface area (Å²) in [4.78, 5) is 35.5. The lowest BCUT2D eigenvalue weighted by Gasteiger charge is -2.24. The molecule has 0 aliphatic carbocycles. The van der Waals surface area contributed by atoms with Crippen molar-refractivity contribution < 1.29 is 9.59 Å². The summed E-state index contributed by atoms with van der Waals surface area (Å²) in [6, 6.07) is 7.07. The number of nitrogens with one attached hydrogen (secondary N) is 4. The molecule has 0 fully saturated rings. The summed E-state index contributed by atoms with van der Waals surface area (Å²) in [6.45, 7) is 14.0. The minimum Gasteiger partial charge on any atom is -0.352 e. The second-order valence-corrected chi connectivity index (χ2v) is 9.45. The van der Waals surface area contributed by atoms with E-state index in [0.717, 1.165) is 50.3 Å². The quantitative estimate of drug-likeness (QED) is 0.290. The zero-order valence-electron chi connectivity index (χ0n) is 22.1. The van der Waals surface area contributed by atoms with Crippen LogP contribution in [0.3, 0.4) is 0 Å². The number of hydrogen-bond donors (Lipinski definition) is 4. The van der Waals surface area contributed by atoms with Crippen LogP contribution >= 0.6 is 0 Å². The number of hydrogen-bond acceptors (Lipinski definition) is 5. The third-order valence-corrected chi connectivity index (χ3v) is 5.86. The van der Waals surface area contributed by atoms with E-state index in [1.165, 1.54) is 0 Å². The van der Waals surface area contributed by atoms with Crippen molar-refractivity contribution in [3.63, 3.8) is 0 Å². The molecule has 0 radical (unpaired) electrons. The smallest absolute Gasteiger partial charge is 0.251 e. The van der Waals surface area contributed by atoms with Crippen LogP contribution in [0.4, 0.5) is 0 Å². The molecule has 8 nitrogen and oxygen atoms in total. The summed E-state index contributed by atoms with van der Waals surface area (Å²) in [5.41, 5.74) is 1.62. The monoisotopic (exact) mass is 484 g/mol. The summed E-state index contributed by atoms with van der Waals surface area (Å²) >= 11 is 0. The average molecular weight is 485 g/mol. The molecule has 0 spiro atoms. The molecule has 1 unspecified atom stereocenters. The number of aromatic amines is 1. The molecular formula is C27H44N6O2. The lowest BCUT2D eigenvalue weighted by atomic mass is 10.1. The number of carbonyl (C=O) groups is 2. The van der Waals surface area contributed by atoms with Gasteiger partial charge in [0.25, 0.3) is 5.91 Å². The topological polar surface area (TPSA) is 102 Å². The number of aromatic nitrogens is 2. The van der Waals surface area contributed by atoms with Crippen LogP contribution in [0.1, 0.15) is 88.1 Å². The molecule has 0 bridgehead atoms. The van der Waals surface area contributed by atoms with E-state index in [1.807, 2.05) is 51.2 Å². The van der Waals surface area contributed by atoms with Crippen LogP contribution in [0, 0.1) is 0 Å². The number of carbonyl (C=O) groups excluding carboxylic acids is 2. The number of H-pyrrole nitrogens is 1. The predicted octanol–water partition coefficient (Wildman–Crippen LogP) is 3.79. The van der Waals surface area contributed by atoms with Crippen molar-refractivity contribution in [1.29, 1.82) is 0 Å².